The van der Waals surface area contributed by atoms with E-state index in [9.17, 15) is 9.59 Å². The van der Waals surface area contributed by atoms with E-state index in [2.05, 4.69) is 15.0 Å². The van der Waals surface area contributed by atoms with E-state index in [1.165, 1.54) is 0 Å². The normalized spacial score (nSPS) is 11.6. The van der Waals surface area contributed by atoms with Gasteiger partial charge in [0.25, 0.3) is 0 Å². The lowest BCUT2D eigenvalue weighted by atomic mass is 10.1. The van der Waals surface area contributed by atoms with E-state index in [4.69, 9.17) is 9.84 Å². The number of pyridine rings is 1. The number of hydrogen-bond acceptors (Lipinski definition) is 5. The number of alkyl carbamates (subject to hydrolysis) is 1. The molecule has 2 aromatic rings. The molecule has 0 aliphatic rings. The Hall–Kier alpha value is -2.93. The fourth-order valence-electron chi connectivity index (χ4n) is 2.11. The predicted molar refractivity (Wildman–Crippen MR) is 90.9 cm³/mol. The molecule has 0 saturated carbocycles. The Morgan fingerprint density at radius 1 is 1.20 bits per heavy atom. The lowest BCUT2D eigenvalue weighted by molar-refractivity contribution is -0.175. The van der Waals surface area contributed by atoms with E-state index in [0.717, 1.165) is 16.8 Å². The molecule has 1 unspecified atom stereocenters. The zero-order valence-corrected chi connectivity index (χ0v) is 13.8. The standard InChI is InChI=1S/C18H20N2O5/c1-2-24-17(16(21)22)25-18(23)19-11-10-13-8-9-15(20-12-13)14-6-4-3-5-7-14/h3-9,12,17H,2,10-11H2,1H3,(H,19,23)(H,21,22). The third-order valence-corrected chi connectivity index (χ3v) is 3.31. The van der Waals surface area contributed by atoms with Crippen molar-refractivity contribution in [2.24, 2.45) is 0 Å². The first-order valence-electron chi connectivity index (χ1n) is 7.89. The van der Waals surface area contributed by atoms with E-state index in [0.29, 0.717) is 13.0 Å². The summed E-state index contributed by atoms with van der Waals surface area (Å²) in [6.07, 6.45) is -0.148. The van der Waals surface area contributed by atoms with Gasteiger partial charge in [-0.2, -0.15) is 0 Å². The van der Waals surface area contributed by atoms with Crippen LogP contribution in [0.1, 0.15) is 12.5 Å². The Morgan fingerprint density at radius 3 is 2.56 bits per heavy atom. The zero-order chi connectivity index (χ0) is 18.1. The number of aliphatic carboxylic acids is 1. The average molecular weight is 344 g/mol. The first-order chi connectivity index (χ1) is 12.1. The van der Waals surface area contributed by atoms with Gasteiger partial charge in [0.15, 0.2) is 0 Å². The second-order valence-electron chi connectivity index (χ2n) is 5.13. The van der Waals surface area contributed by atoms with Crippen molar-refractivity contribution in [3.05, 3.63) is 54.2 Å². The Bertz CT molecular complexity index is 688. The summed E-state index contributed by atoms with van der Waals surface area (Å²) in [5.41, 5.74) is 2.85. The van der Waals surface area contributed by atoms with Crippen molar-refractivity contribution in [2.45, 2.75) is 19.6 Å². The van der Waals surface area contributed by atoms with Crippen LogP contribution in [0.4, 0.5) is 4.79 Å². The van der Waals surface area contributed by atoms with Crippen LogP contribution in [-0.4, -0.2) is 41.6 Å². The topological polar surface area (TPSA) is 97.8 Å². The predicted octanol–water partition coefficient (Wildman–Crippen LogP) is 2.46. The van der Waals surface area contributed by atoms with Gasteiger partial charge in [-0.15, -0.1) is 0 Å². The highest BCUT2D eigenvalue weighted by Crippen LogP contribution is 2.16. The zero-order valence-electron chi connectivity index (χ0n) is 13.8. The third-order valence-electron chi connectivity index (χ3n) is 3.31. The molecular weight excluding hydrogens is 324 g/mol. The second kappa shape index (κ2) is 9.39. The molecule has 1 atom stereocenters. The number of carbonyl (C=O) groups is 2. The smallest absolute Gasteiger partial charge is 0.409 e. The van der Waals surface area contributed by atoms with Gasteiger partial charge in [-0.05, 0) is 25.0 Å². The summed E-state index contributed by atoms with van der Waals surface area (Å²) < 4.78 is 9.48. The summed E-state index contributed by atoms with van der Waals surface area (Å²) in [5, 5.41) is 11.3. The lowest BCUT2D eigenvalue weighted by Gasteiger charge is -2.13. The Labute approximate surface area is 145 Å². The molecule has 7 nitrogen and oxygen atoms in total. The maximum Gasteiger partial charge on any atom is 0.409 e. The quantitative estimate of drug-likeness (QED) is 0.714. The molecule has 0 fully saturated rings. The molecule has 0 aliphatic heterocycles. The molecular formula is C18H20N2O5. The van der Waals surface area contributed by atoms with E-state index in [1.54, 1.807) is 13.1 Å². The molecule has 1 aromatic carbocycles. The molecule has 0 spiro atoms. The Kier molecular flexibility index (Phi) is 6.91. The monoisotopic (exact) mass is 344 g/mol. The highest BCUT2D eigenvalue weighted by Gasteiger charge is 2.21. The highest BCUT2D eigenvalue weighted by molar-refractivity contribution is 5.76. The van der Waals surface area contributed by atoms with E-state index in [-0.39, 0.29) is 6.61 Å². The fourth-order valence-corrected chi connectivity index (χ4v) is 2.11. The molecule has 132 valence electrons. The number of hydrogen-bond donors (Lipinski definition) is 2. The second-order valence-corrected chi connectivity index (χ2v) is 5.13. The van der Waals surface area contributed by atoms with Crippen LogP contribution in [0, 0.1) is 0 Å². The minimum atomic E-state index is -1.60. The molecule has 1 aromatic heterocycles. The molecule has 2 N–H and O–H groups in total. The number of ether oxygens (including phenoxy) is 2. The van der Waals surface area contributed by atoms with Crippen LogP contribution in [0.25, 0.3) is 11.3 Å². The minimum Gasteiger partial charge on any atom is -0.477 e. The number of rotatable bonds is 8. The van der Waals surface area contributed by atoms with E-state index >= 15 is 0 Å². The van der Waals surface area contributed by atoms with E-state index in [1.807, 2.05) is 42.5 Å². The van der Waals surface area contributed by atoms with Gasteiger partial charge >= 0.3 is 18.4 Å². The first kappa shape index (κ1) is 18.4. The largest absolute Gasteiger partial charge is 0.477 e. The number of benzene rings is 1. The van der Waals surface area contributed by atoms with Gasteiger partial charge in [-0.3, -0.25) is 4.98 Å². The number of carboxylic acid groups (broad SMARTS) is 1. The van der Waals surface area contributed by atoms with Crippen molar-refractivity contribution >= 4 is 12.1 Å². The van der Waals surface area contributed by atoms with Crippen LogP contribution < -0.4 is 5.32 Å². The summed E-state index contributed by atoms with van der Waals surface area (Å²) in [6, 6.07) is 13.7. The molecule has 0 saturated heterocycles. The maximum absolute atomic E-state index is 11.6. The van der Waals surface area contributed by atoms with E-state index < -0.39 is 18.4 Å². The summed E-state index contributed by atoms with van der Waals surface area (Å²) in [5.74, 6) is -1.35. The Balaban J connectivity index is 1.79. The summed E-state index contributed by atoms with van der Waals surface area (Å²) in [6.45, 7) is 2.04. The third kappa shape index (κ3) is 5.89. The average Bonchev–Trinajstić information content (AvgIpc) is 2.62. The lowest BCUT2D eigenvalue weighted by Crippen LogP contribution is -2.35. The van der Waals surface area contributed by atoms with Crippen LogP contribution >= 0.6 is 0 Å². The van der Waals surface area contributed by atoms with Crippen molar-refractivity contribution in [1.29, 1.82) is 0 Å². The molecule has 0 aliphatic carbocycles. The van der Waals surface area contributed by atoms with Gasteiger partial charge < -0.3 is 19.9 Å². The van der Waals surface area contributed by atoms with Crippen molar-refractivity contribution in [3.63, 3.8) is 0 Å². The number of carboxylic acids is 1. The molecule has 1 amide bonds. The van der Waals surface area contributed by atoms with Crippen molar-refractivity contribution < 1.29 is 24.2 Å². The number of amides is 1. The summed E-state index contributed by atoms with van der Waals surface area (Å²) >= 11 is 0. The molecule has 25 heavy (non-hydrogen) atoms. The SMILES string of the molecule is CCOC(OC(=O)NCCc1ccc(-c2ccccc2)nc1)C(=O)O. The fraction of sp³-hybridized carbons (Fsp3) is 0.278. The number of nitrogens with zero attached hydrogens (tertiary/aromatic N) is 1. The van der Waals surface area contributed by atoms with Gasteiger partial charge in [0.05, 0.1) is 5.69 Å². The van der Waals surface area contributed by atoms with Crippen molar-refractivity contribution in [2.75, 3.05) is 13.2 Å². The highest BCUT2D eigenvalue weighted by atomic mass is 16.7. The molecule has 2 rings (SSSR count). The first-order valence-corrected chi connectivity index (χ1v) is 7.89. The Morgan fingerprint density at radius 2 is 1.96 bits per heavy atom. The van der Waals surface area contributed by atoms with Crippen LogP contribution in [0.15, 0.2) is 48.7 Å². The van der Waals surface area contributed by atoms with Crippen molar-refractivity contribution in [1.82, 2.24) is 10.3 Å². The van der Waals surface area contributed by atoms with Crippen LogP contribution in [0.2, 0.25) is 0 Å². The van der Waals surface area contributed by atoms with Crippen LogP contribution in [-0.2, 0) is 20.7 Å². The summed E-state index contributed by atoms with van der Waals surface area (Å²) in [4.78, 5) is 26.8. The number of aromatic nitrogens is 1. The summed E-state index contributed by atoms with van der Waals surface area (Å²) in [7, 11) is 0. The number of carbonyl (C=O) groups excluding carboxylic acids is 1. The van der Waals surface area contributed by atoms with Gasteiger partial charge in [-0.1, -0.05) is 36.4 Å². The molecule has 0 bridgehead atoms. The van der Waals surface area contributed by atoms with Crippen molar-refractivity contribution in [3.8, 4) is 11.3 Å². The van der Waals surface area contributed by atoms with Crippen LogP contribution in [0.5, 0.6) is 0 Å². The number of nitrogens with one attached hydrogen (secondary N) is 1. The molecule has 7 heteroatoms. The van der Waals surface area contributed by atoms with Gasteiger partial charge in [0, 0.05) is 24.9 Å². The molecule has 0 radical (unpaired) electrons. The minimum absolute atomic E-state index is 0.129. The molecule has 1 heterocycles. The van der Waals surface area contributed by atoms with Gasteiger partial charge in [0.2, 0.25) is 0 Å². The maximum atomic E-state index is 11.6. The van der Waals surface area contributed by atoms with Gasteiger partial charge in [0.1, 0.15) is 0 Å². The van der Waals surface area contributed by atoms with Gasteiger partial charge in [-0.25, -0.2) is 9.59 Å². The van der Waals surface area contributed by atoms with Crippen LogP contribution in [0.3, 0.4) is 0 Å².